The van der Waals surface area contributed by atoms with E-state index < -0.39 is 126 Å². The summed E-state index contributed by atoms with van der Waals surface area (Å²) in [4.78, 5) is 137. The van der Waals surface area contributed by atoms with Crippen molar-refractivity contribution in [2.75, 3.05) is 53.6 Å². The zero-order valence-electron chi connectivity index (χ0n) is 53.0. The molecule has 5 aliphatic rings. The van der Waals surface area contributed by atoms with Gasteiger partial charge in [-0.3, -0.25) is 43.2 Å². The van der Waals surface area contributed by atoms with Crippen LogP contribution in [0.25, 0.3) is 0 Å². The summed E-state index contributed by atoms with van der Waals surface area (Å²) in [6, 6.07) is 24.0. The Morgan fingerprint density at radius 1 is 0.656 bits per heavy atom. The van der Waals surface area contributed by atoms with Gasteiger partial charge >= 0.3 is 17.9 Å². The molecule has 3 aromatic rings. The number of benzene rings is 3. The van der Waals surface area contributed by atoms with Gasteiger partial charge in [-0.15, -0.1) is 0 Å². The number of aliphatic hydroxyl groups is 1. The third kappa shape index (κ3) is 19.5. The highest BCUT2D eigenvalue weighted by atomic mass is 16.6. The molecule has 0 aromatic heterocycles. The Balaban J connectivity index is 0.000000258. The van der Waals surface area contributed by atoms with Gasteiger partial charge in [0.15, 0.2) is 0 Å². The first kappa shape index (κ1) is 69.9. The summed E-state index contributed by atoms with van der Waals surface area (Å²) in [6.45, 7) is 6.35. The van der Waals surface area contributed by atoms with Crippen molar-refractivity contribution < 1.29 is 81.5 Å². The highest BCUT2D eigenvalue weighted by molar-refractivity contribution is 6.39. The molecule has 1 unspecified atom stereocenters. The van der Waals surface area contributed by atoms with E-state index in [1.165, 1.54) is 19.1 Å². The van der Waals surface area contributed by atoms with Crippen molar-refractivity contribution in [2.24, 2.45) is 11.3 Å². The van der Waals surface area contributed by atoms with Gasteiger partial charge in [0.05, 0.1) is 30.8 Å². The van der Waals surface area contributed by atoms with E-state index in [1.807, 2.05) is 84.9 Å². The molecule has 4 saturated heterocycles. The molecule has 90 heavy (non-hydrogen) atoms. The fourth-order valence-electron chi connectivity index (χ4n) is 11.9. The minimum absolute atomic E-state index is 0.104. The van der Waals surface area contributed by atoms with E-state index in [9.17, 15) is 53.1 Å². The Morgan fingerprint density at radius 2 is 1.29 bits per heavy atom. The van der Waals surface area contributed by atoms with Gasteiger partial charge in [-0.05, 0) is 139 Å². The Hall–Kier alpha value is -7.56. The molecule has 0 spiro atoms. The zero-order valence-corrected chi connectivity index (χ0v) is 53.0. The minimum Gasteiger partial charge on any atom is -0.494 e. The summed E-state index contributed by atoms with van der Waals surface area (Å²) in [5.41, 5.74) is 1.66. The molecule has 22 nitrogen and oxygen atoms in total. The number of rotatable bonds is 7. The molecule has 22 heteroatoms. The Labute approximate surface area is 527 Å². The van der Waals surface area contributed by atoms with Crippen molar-refractivity contribution in [3.05, 3.63) is 102 Å². The van der Waals surface area contributed by atoms with Crippen LogP contribution in [0.1, 0.15) is 153 Å². The van der Waals surface area contributed by atoms with Crippen LogP contribution in [0.3, 0.4) is 0 Å². The number of amides is 5. The van der Waals surface area contributed by atoms with E-state index >= 15 is 0 Å². The maximum atomic E-state index is 13.8. The molecule has 0 aliphatic carbocycles. The molecule has 5 amide bonds. The average molecular weight is 1250 g/mol. The van der Waals surface area contributed by atoms with Gasteiger partial charge in [0.2, 0.25) is 29.3 Å². The smallest absolute Gasteiger partial charge is 0.329 e. The summed E-state index contributed by atoms with van der Waals surface area (Å²) in [7, 11) is 2.83. The first-order chi connectivity index (χ1) is 43.1. The van der Waals surface area contributed by atoms with Crippen LogP contribution in [0, 0.1) is 11.3 Å². The number of nitrogens with zero attached hydrogens (tertiary/aromatic N) is 3. The van der Waals surface area contributed by atoms with Crippen molar-refractivity contribution >= 4 is 59.0 Å². The van der Waals surface area contributed by atoms with E-state index in [0.29, 0.717) is 76.6 Å². The van der Waals surface area contributed by atoms with E-state index in [4.69, 9.17) is 28.4 Å². The molecule has 5 aliphatic heterocycles. The van der Waals surface area contributed by atoms with Crippen molar-refractivity contribution in [2.45, 2.75) is 192 Å². The van der Waals surface area contributed by atoms with Gasteiger partial charge in [0.1, 0.15) is 49.2 Å². The number of Topliss-reactive ketones (excluding diaryl/α,β-unsaturated/α-hetero) is 2. The lowest BCUT2D eigenvalue weighted by Crippen LogP contribution is -2.62. The molecule has 5 heterocycles. The highest BCUT2D eigenvalue weighted by Crippen LogP contribution is 2.37. The number of likely N-dealkylation sites (N-methyl/N-ethyl adjacent to an activating group) is 1. The third-order valence-corrected chi connectivity index (χ3v) is 17.6. The molecule has 9 atom stereocenters. The maximum absolute atomic E-state index is 13.8. The SMILES string of the molecule is CC1(C)COC(=O)CCCCCCOc2cccc(c2)[C@@H](CCc2ccccc2)OC(=O)[C@@H]2CCCCN2C(=O)C1=O.CO[C@H]1CC2CC[C@@H](C)[C@@](O)(O2)C(=O)C(=O)N2CCCC[C@H]2C(=O)N[C@H](CCc2ccccc2)C(=O)NCC(=O)N(C)CC(=O)O[C@H]1C. The van der Waals surface area contributed by atoms with Crippen LogP contribution in [0.2, 0.25) is 0 Å². The standard InChI is InChI=1S/C34H48N4O10.C34H43NO7/c1-21-13-15-24-18-27(46-4)22(2)47-29(40)20-37(3)28(39)19-35-31(42)25(16-14-23-10-6-5-7-11-23)36-32(43)26-12-8-9-17-38(26)33(44)30(41)34(21,45)48-24;1-34(2)24-41-30(36)18-8-3-4-11-22-40-27-16-12-15-26(23-27)29(20-19-25-13-6-5-7-14-25)42-33(39)28-17-9-10-21-35(28)32(38)31(34)37/h5-7,10-11,21-22,24-27,45H,8-9,12-20H2,1-4H3,(H,35,42)(H,36,43);5-7,12-16,23,28-29H,3-4,8-11,17-22,24H2,1-2H3/t21-,22+,24?,25-,26+,27+,34-;28-,29+/m10/s1. The molecular weight excluding hydrogens is 1160 g/mol. The van der Waals surface area contributed by atoms with Crippen LogP contribution in [0.4, 0.5) is 0 Å². The molecule has 4 fully saturated rings. The second kappa shape index (κ2) is 33.5. The summed E-state index contributed by atoms with van der Waals surface area (Å²) in [6.07, 6.45) is 6.84. The van der Waals surface area contributed by atoms with Crippen molar-refractivity contribution in [3.63, 3.8) is 0 Å². The van der Waals surface area contributed by atoms with E-state index in [2.05, 4.69) is 10.6 Å². The lowest BCUT2D eigenvalue weighted by molar-refractivity contribution is -0.267. The number of methoxy groups -OCH3 is 1. The lowest BCUT2D eigenvalue weighted by Gasteiger charge is -2.43. The summed E-state index contributed by atoms with van der Waals surface area (Å²) in [5, 5.41) is 16.9. The van der Waals surface area contributed by atoms with Crippen LogP contribution in [-0.2, 0) is 84.5 Å². The van der Waals surface area contributed by atoms with Gasteiger partial charge < -0.3 is 58.9 Å². The number of esters is 3. The Kier molecular flexibility index (Phi) is 26.0. The summed E-state index contributed by atoms with van der Waals surface area (Å²) >= 11 is 0. The van der Waals surface area contributed by atoms with Gasteiger partial charge in [-0.1, -0.05) is 92.6 Å². The monoisotopic (exact) mass is 1250 g/mol. The van der Waals surface area contributed by atoms with Crippen LogP contribution in [0.15, 0.2) is 84.9 Å². The zero-order chi connectivity index (χ0) is 65.0. The van der Waals surface area contributed by atoms with Crippen LogP contribution in [-0.4, -0.2) is 175 Å². The number of cyclic esters (lactones) is 3. The third-order valence-electron chi connectivity index (χ3n) is 17.6. The molecular formula is C68H91N5O17. The van der Waals surface area contributed by atoms with Crippen LogP contribution >= 0.6 is 0 Å². The molecule has 0 radical (unpaired) electrons. The van der Waals surface area contributed by atoms with Crippen molar-refractivity contribution in [1.82, 2.24) is 25.3 Å². The second-order valence-electron chi connectivity index (χ2n) is 24.9. The number of carbonyl (C=O) groups is 10. The van der Waals surface area contributed by atoms with E-state index in [0.717, 1.165) is 52.2 Å². The number of piperidine rings is 2. The predicted molar refractivity (Wildman–Crippen MR) is 329 cm³/mol. The molecule has 8 rings (SSSR count). The van der Waals surface area contributed by atoms with Crippen molar-refractivity contribution in [3.8, 4) is 5.75 Å². The molecule has 0 saturated carbocycles. The number of carbonyl (C=O) groups excluding carboxylic acids is 10. The Morgan fingerprint density at radius 3 is 1.97 bits per heavy atom. The number of ketones is 2. The minimum atomic E-state index is -2.45. The molecule has 490 valence electrons. The number of fused-ring (bicyclic) bond motifs is 6. The lowest BCUT2D eigenvalue weighted by atomic mass is 9.85. The molecule has 3 aromatic carbocycles. The normalized spacial score (nSPS) is 27.8. The van der Waals surface area contributed by atoms with Gasteiger partial charge in [0, 0.05) is 46.0 Å². The first-order valence-electron chi connectivity index (χ1n) is 31.9. The summed E-state index contributed by atoms with van der Waals surface area (Å²) < 4.78 is 34.6. The Bertz CT molecular complexity index is 2960. The van der Waals surface area contributed by atoms with Gasteiger partial charge in [-0.25, -0.2) is 4.79 Å². The van der Waals surface area contributed by atoms with Gasteiger partial charge in [-0.2, -0.15) is 0 Å². The average Bonchev–Trinajstić information content (AvgIpc) is 0.845. The fraction of sp³-hybridized carbons (Fsp3) is 0.588. The van der Waals surface area contributed by atoms with Crippen LogP contribution in [0.5, 0.6) is 5.75 Å². The number of nitrogens with one attached hydrogen (secondary N) is 2. The predicted octanol–water partition coefficient (Wildman–Crippen LogP) is 6.25. The van der Waals surface area contributed by atoms with E-state index in [1.54, 1.807) is 27.7 Å². The number of hydrogen-bond donors (Lipinski definition) is 3. The van der Waals surface area contributed by atoms with Gasteiger partial charge in [0.25, 0.3) is 17.6 Å². The maximum Gasteiger partial charge on any atom is 0.329 e. The van der Waals surface area contributed by atoms with Crippen molar-refractivity contribution in [1.29, 1.82) is 0 Å². The second-order valence-corrected chi connectivity index (χ2v) is 24.9. The first-order valence-corrected chi connectivity index (χ1v) is 31.9. The topological polar surface area (TPSA) is 280 Å². The number of hydrogen-bond acceptors (Lipinski definition) is 17. The van der Waals surface area contributed by atoms with E-state index in [-0.39, 0.29) is 51.3 Å². The quantitative estimate of drug-likeness (QED) is 0.134. The fourth-order valence-corrected chi connectivity index (χ4v) is 11.9. The number of aryl methyl sites for hydroxylation is 2. The van der Waals surface area contributed by atoms with Crippen LogP contribution < -0.4 is 15.4 Å². The molecule has 4 bridgehead atoms. The highest BCUT2D eigenvalue weighted by Gasteiger charge is 2.53. The summed E-state index contributed by atoms with van der Waals surface area (Å²) in [5.74, 6) is -9.51. The largest absolute Gasteiger partial charge is 0.494 e. The number of ether oxygens (including phenoxy) is 6. The molecule has 3 N–H and O–H groups in total.